The van der Waals surface area contributed by atoms with E-state index in [2.05, 4.69) is 0 Å². The van der Waals surface area contributed by atoms with Crippen LogP contribution < -0.4 is 5.73 Å². The fraction of sp³-hybridized carbons (Fsp3) is 0.235. The molecule has 3 heteroatoms. The molecule has 1 atom stereocenters. The maximum Gasteiger partial charge on any atom is 0.338 e. The molecule has 0 saturated heterocycles. The quantitative estimate of drug-likeness (QED) is 0.646. The molecule has 0 spiro atoms. The molecular formula is C17H19NO2. The normalized spacial score (nSPS) is 11.8. The monoisotopic (exact) mass is 269 g/mol. The molecule has 20 heavy (non-hydrogen) atoms. The van der Waals surface area contributed by atoms with E-state index in [1.54, 1.807) is 12.1 Å². The predicted octanol–water partition coefficient (Wildman–Crippen LogP) is 3.32. The Balaban J connectivity index is 1.71. The van der Waals surface area contributed by atoms with E-state index in [9.17, 15) is 4.79 Å². The fourth-order valence-corrected chi connectivity index (χ4v) is 1.99. The van der Waals surface area contributed by atoms with E-state index in [0.29, 0.717) is 12.2 Å². The summed E-state index contributed by atoms with van der Waals surface area (Å²) in [5, 5.41) is 0. The van der Waals surface area contributed by atoms with Gasteiger partial charge in [0.15, 0.2) is 0 Å². The maximum atomic E-state index is 11.7. The Morgan fingerprint density at radius 1 is 1.00 bits per heavy atom. The number of ether oxygens (including phenoxy) is 1. The highest BCUT2D eigenvalue weighted by Crippen LogP contribution is 2.15. The molecule has 0 amide bonds. The highest BCUT2D eigenvalue weighted by atomic mass is 16.5. The van der Waals surface area contributed by atoms with Crippen LogP contribution in [0.4, 0.5) is 0 Å². The van der Waals surface area contributed by atoms with Crippen molar-refractivity contribution in [3.63, 3.8) is 0 Å². The lowest BCUT2D eigenvalue weighted by Crippen LogP contribution is -2.12. The largest absolute Gasteiger partial charge is 0.462 e. The highest BCUT2D eigenvalue weighted by molar-refractivity contribution is 5.89. The average molecular weight is 269 g/mol. The second-order valence-corrected chi connectivity index (χ2v) is 4.66. The van der Waals surface area contributed by atoms with Crippen LogP contribution in [0.2, 0.25) is 0 Å². The summed E-state index contributed by atoms with van der Waals surface area (Å²) in [5.74, 6) is -0.279. The van der Waals surface area contributed by atoms with Crippen LogP contribution in [-0.4, -0.2) is 12.6 Å². The van der Waals surface area contributed by atoms with Crippen LogP contribution >= 0.6 is 0 Å². The molecule has 2 N–H and O–H groups in total. The van der Waals surface area contributed by atoms with Crippen LogP contribution in [0.15, 0.2) is 60.7 Å². The van der Waals surface area contributed by atoms with E-state index in [4.69, 9.17) is 10.5 Å². The Labute approximate surface area is 119 Å². The van der Waals surface area contributed by atoms with E-state index in [-0.39, 0.29) is 12.0 Å². The number of nitrogens with two attached hydrogens (primary N) is 1. The first kappa shape index (κ1) is 14.3. The van der Waals surface area contributed by atoms with Gasteiger partial charge in [-0.15, -0.1) is 0 Å². The van der Waals surface area contributed by atoms with Crippen molar-refractivity contribution in [1.29, 1.82) is 0 Å². The van der Waals surface area contributed by atoms with E-state index in [1.165, 1.54) is 0 Å². The Morgan fingerprint density at radius 3 is 2.25 bits per heavy atom. The van der Waals surface area contributed by atoms with Gasteiger partial charge in [-0.3, -0.25) is 0 Å². The summed E-state index contributed by atoms with van der Waals surface area (Å²) >= 11 is 0. The van der Waals surface area contributed by atoms with Crippen molar-refractivity contribution in [3.05, 3.63) is 71.8 Å². The molecule has 104 valence electrons. The lowest BCUT2D eigenvalue weighted by molar-refractivity contribution is 0.0496. The summed E-state index contributed by atoms with van der Waals surface area (Å²) in [6.45, 7) is 0.397. The number of hydrogen-bond donors (Lipinski definition) is 1. The lowest BCUT2D eigenvalue weighted by Gasteiger charge is -2.11. The number of carbonyl (C=O) groups is 1. The van der Waals surface area contributed by atoms with Crippen molar-refractivity contribution in [1.82, 2.24) is 0 Å². The molecule has 0 aliphatic rings. The van der Waals surface area contributed by atoms with Crippen molar-refractivity contribution in [2.24, 2.45) is 5.73 Å². The molecule has 0 fully saturated rings. The minimum atomic E-state index is -0.279. The molecule has 0 saturated carbocycles. The van der Waals surface area contributed by atoms with E-state index >= 15 is 0 Å². The van der Waals surface area contributed by atoms with Gasteiger partial charge >= 0.3 is 5.97 Å². The van der Waals surface area contributed by atoms with Gasteiger partial charge in [0.05, 0.1) is 12.2 Å². The minimum absolute atomic E-state index is 0.00775. The highest BCUT2D eigenvalue weighted by Gasteiger charge is 2.08. The second-order valence-electron chi connectivity index (χ2n) is 4.66. The zero-order valence-electron chi connectivity index (χ0n) is 11.4. The van der Waals surface area contributed by atoms with Gasteiger partial charge in [-0.1, -0.05) is 48.5 Å². The molecule has 0 aliphatic carbocycles. The molecule has 0 radical (unpaired) electrons. The molecule has 1 unspecified atom stereocenters. The van der Waals surface area contributed by atoms with Crippen LogP contribution in [0.3, 0.4) is 0 Å². The van der Waals surface area contributed by atoms with Gasteiger partial charge in [-0.05, 0) is 30.5 Å². The van der Waals surface area contributed by atoms with Crippen LogP contribution in [0, 0.1) is 0 Å². The van der Waals surface area contributed by atoms with Crippen LogP contribution in [0.1, 0.15) is 34.8 Å². The first-order chi connectivity index (χ1) is 9.77. The van der Waals surface area contributed by atoms with Crippen molar-refractivity contribution < 1.29 is 9.53 Å². The summed E-state index contributed by atoms with van der Waals surface area (Å²) in [6, 6.07) is 19.0. The number of rotatable bonds is 6. The SMILES string of the molecule is NC(CCCOC(=O)c1ccccc1)c1ccccc1. The number of hydrogen-bond acceptors (Lipinski definition) is 3. The summed E-state index contributed by atoms with van der Waals surface area (Å²) in [5.41, 5.74) is 7.78. The summed E-state index contributed by atoms with van der Waals surface area (Å²) < 4.78 is 5.22. The third kappa shape index (κ3) is 4.21. The maximum absolute atomic E-state index is 11.7. The molecule has 0 aliphatic heterocycles. The Kier molecular flexibility index (Phi) is 5.33. The first-order valence-electron chi connectivity index (χ1n) is 6.80. The predicted molar refractivity (Wildman–Crippen MR) is 79.3 cm³/mol. The first-order valence-corrected chi connectivity index (χ1v) is 6.80. The summed E-state index contributed by atoms with van der Waals surface area (Å²) in [6.07, 6.45) is 1.56. The average Bonchev–Trinajstić information content (AvgIpc) is 2.53. The van der Waals surface area contributed by atoms with E-state index in [0.717, 1.165) is 18.4 Å². The van der Waals surface area contributed by atoms with E-state index in [1.807, 2.05) is 48.5 Å². The molecule has 2 aromatic carbocycles. The van der Waals surface area contributed by atoms with Crippen molar-refractivity contribution in [2.75, 3.05) is 6.61 Å². The Morgan fingerprint density at radius 2 is 1.60 bits per heavy atom. The minimum Gasteiger partial charge on any atom is -0.462 e. The molecular weight excluding hydrogens is 250 g/mol. The van der Waals surface area contributed by atoms with Gasteiger partial charge in [0.2, 0.25) is 0 Å². The topological polar surface area (TPSA) is 52.3 Å². The van der Waals surface area contributed by atoms with Crippen molar-refractivity contribution >= 4 is 5.97 Å². The molecule has 0 heterocycles. The fourth-order valence-electron chi connectivity index (χ4n) is 1.99. The molecule has 2 rings (SSSR count). The summed E-state index contributed by atoms with van der Waals surface area (Å²) in [7, 11) is 0. The molecule has 3 nitrogen and oxygen atoms in total. The zero-order valence-corrected chi connectivity index (χ0v) is 11.4. The van der Waals surface area contributed by atoms with Gasteiger partial charge in [-0.25, -0.2) is 4.79 Å². The third-order valence-corrected chi connectivity index (χ3v) is 3.13. The lowest BCUT2D eigenvalue weighted by atomic mass is 10.0. The second kappa shape index (κ2) is 7.46. The van der Waals surface area contributed by atoms with Crippen molar-refractivity contribution in [3.8, 4) is 0 Å². The van der Waals surface area contributed by atoms with Gasteiger partial charge in [0, 0.05) is 6.04 Å². The molecule has 2 aromatic rings. The van der Waals surface area contributed by atoms with Crippen LogP contribution in [-0.2, 0) is 4.74 Å². The zero-order chi connectivity index (χ0) is 14.2. The number of carbonyl (C=O) groups excluding carboxylic acids is 1. The van der Waals surface area contributed by atoms with Crippen LogP contribution in [0.5, 0.6) is 0 Å². The molecule has 0 aromatic heterocycles. The number of benzene rings is 2. The smallest absolute Gasteiger partial charge is 0.338 e. The van der Waals surface area contributed by atoms with Gasteiger partial charge < -0.3 is 10.5 Å². The van der Waals surface area contributed by atoms with Gasteiger partial charge in [0.25, 0.3) is 0 Å². The van der Waals surface area contributed by atoms with Crippen molar-refractivity contribution in [2.45, 2.75) is 18.9 Å². The third-order valence-electron chi connectivity index (χ3n) is 3.13. The van der Waals surface area contributed by atoms with Gasteiger partial charge in [0.1, 0.15) is 0 Å². The Bertz CT molecular complexity index is 525. The van der Waals surface area contributed by atoms with Crippen LogP contribution in [0.25, 0.3) is 0 Å². The summed E-state index contributed by atoms with van der Waals surface area (Å²) in [4.78, 5) is 11.7. The Hall–Kier alpha value is -2.13. The standard InChI is InChI=1S/C17H19NO2/c18-16(14-8-3-1-4-9-14)12-7-13-20-17(19)15-10-5-2-6-11-15/h1-6,8-11,16H,7,12-13,18H2. The molecule has 0 bridgehead atoms. The van der Waals surface area contributed by atoms with E-state index < -0.39 is 0 Å². The van der Waals surface area contributed by atoms with Gasteiger partial charge in [-0.2, -0.15) is 0 Å². The number of esters is 1.